The third kappa shape index (κ3) is 2.59. The number of ketones is 1. The van der Waals surface area contributed by atoms with Crippen LogP contribution in [0.2, 0.25) is 0 Å². The van der Waals surface area contributed by atoms with E-state index in [1.165, 1.54) is 21.3 Å². The minimum atomic E-state index is -0.748. The van der Waals surface area contributed by atoms with Crippen molar-refractivity contribution in [3.63, 3.8) is 0 Å². The second-order valence-electron chi connectivity index (χ2n) is 8.45. The number of allylic oxidation sites excluding steroid dienone is 3. The Morgan fingerprint density at radius 3 is 2.30 bits per heavy atom. The minimum absolute atomic E-state index is 0.0476. The van der Waals surface area contributed by atoms with Crippen LogP contribution >= 0.6 is 0 Å². The number of rotatable bonds is 6. The number of amides is 1. The first-order chi connectivity index (χ1) is 15.9. The zero-order valence-corrected chi connectivity index (χ0v) is 19.5. The summed E-state index contributed by atoms with van der Waals surface area (Å²) in [5.41, 5.74) is 1.47. The Morgan fingerprint density at radius 2 is 1.70 bits per heavy atom. The van der Waals surface area contributed by atoms with Gasteiger partial charge in [0.05, 0.1) is 52.2 Å². The third-order valence-corrected chi connectivity index (χ3v) is 7.01. The predicted octanol–water partition coefficient (Wildman–Crippen LogP) is 3.02. The van der Waals surface area contributed by atoms with Crippen molar-refractivity contribution in [3.05, 3.63) is 40.6 Å². The monoisotopic (exact) mass is 454 g/mol. The SMILES string of the molecule is COC1=C(C)C(OC)=C2N(C(=O)c3cc4cc(OC)c(OC)c(OC)c4[nH]3)C[C@H]3C[C@@]23C1=O. The second kappa shape index (κ2) is 7.19. The molecule has 1 saturated carbocycles. The molecule has 1 N–H and O–H groups in total. The zero-order valence-electron chi connectivity index (χ0n) is 19.5. The van der Waals surface area contributed by atoms with Gasteiger partial charge in [0.25, 0.3) is 5.91 Å². The maximum atomic E-state index is 13.7. The van der Waals surface area contributed by atoms with E-state index in [1.54, 1.807) is 38.2 Å². The highest BCUT2D eigenvalue weighted by Crippen LogP contribution is 2.68. The Balaban J connectivity index is 1.63. The number of fused-ring (bicyclic) bond motifs is 1. The number of aromatic nitrogens is 1. The Morgan fingerprint density at radius 1 is 1.00 bits per heavy atom. The van der Waals surface area contributed by atoms with Crippen LogP contribution in [0.4, 0.5) is 0 Å². The number of Topliss-reactive ketones (excluding diaryl/α,β-unsaturated/α-hetero) is 1. The number of benzene rings is 1. The van der Waals surface area contributed by atoms with Crippen LogP contribution in [-0.4, -0.2) is 63.7 Å². The van der Waals surface area contributed by atoms with Crippen LogP contribution in [0.5, 0.6) is 17.2 Å². The molecular formula is C24H26N2O7. The summed E-state index contributed by atoms with van der Waals surface area (Å²) in [6, 6.07) is 3.54. The lowest BCUT2D eigenvalue weighted by Crippen LogP contribution is -2.37. The molecule has 0 bridgehead atoms. The Bertz CT molecular complexity index is 1270. The van der Waals surface area contributed by atoms with Gasteiger partial charge in [-0.15, -0.1) is 0 Å². The van der Waals surface area contributed by atoms with Crippen LogP contribution in [0.1, 0.15) is 23.8 Å². The van der Waals surface area contributed by atoms with E-state index in [9.17, 15) is 9.59 Å². The van der Waals surface area contributed by atoms with Gasteiger partial charge < -0.3 is 33.6 Å². The van der Waals surface area contributed by atoms with Crippen molar-refractivity contribution in [3.8, 4) is 17.2 Å². The number of hydrogen-bond donors (Lipinski definition) is 1. The summed E-state index contributed by atoms with van der Waals surface area (Å²) < 4.78 is 27.5. The van der Waals surface area contributed by atoms with E-state index in [2.05, 4.69) is 4.98 Å². The molecule has 1 amide bonds. The van der Waals surface area contributed by atoms with Gasteiger partial charge in [0.1, 0.15) is 11.5 Å². The van der Waals surface area contributed by atoms with Gasteiger partial charge in [0.15, 0.2) is 17.3 Å². The maximum Gasteiger partial charge on any atom is 0.274 e. The summed E-state index contributed by atoms with van der Waals surface area (Å²) in [5, 5.41) is 0.741. The number of ether oxygens (including phenoxy) is 5. The van der Waals surface area contributed by atoms with Crippen molar-refractivity contribution in [2.24, 2.45) is 11.3 Å². The number of likely N-dealkylation sites (tertiary alicyclic amines) is 1. The summed E-state index contributed by atoms with van der Waals surface area (Å²) in [5.74, 6) is 1.93. The first-order valence-corrected chi connectivity index (χ1v) is 10.6. The molecule has 1 aromatic heterocycles. The summed E-state index contributed by atoms with van der Waals surface area (Å²) >= 11 is 0. The average Bonchev–Trinajstić information content (AvgIpc) is 3.20. The fourth-order valence-electron chi connectivity index (χ4n) is 5.44. The molecule has 5 rings (SSSR count). The number of aromatic amines is 1. The molecule has 2 aromatic rings. The summed E-state index contributed by atoms with van der Waals surface area (Å²) in [4.78, 5) is 31.8. The van der Waals surface area contributed by atoms with Gasteiger partial charge in [-0.25, -0.2) is 0 Å². The maximum absolute atomic E-state index is 13.7. The lowest BCUT2D eigenvalue weighted by atomic mass is 9.86. The number of nitrogens with one attached hydrogen (secondary N) is 1. The molecule has 174 valence electrons. The highest BCUT2D eigenvalue weighted by Gasteiger charge is 2.72. The van der Waals surface area contributed by atoms with Gasteiger partial charge in [-0.05, 0) is 31.4 Å². The van der Waals surface area contributed by atoms with Crippen LogP contribution in [0.25, 0.3) is 10.9 Å². The van der Waals surface area contributed by atoms with Gasteiger partial charge in [0, 0.05) is 17.5 Å². The van der Waals surface area contributed by atoms with Crippen molar-refractivity contribution >= 4 is 22.6 Å². The molecule has 2 atom stereocenters. The molecule has 1 aromatic carbocycles. The number of nitrogens with zero attached hydrogens (tertiary/aromatic N) is 1. The van der Waals surface area contributed by atoms with Crippen molar-refractivity contribution in [1.82, 2.24) is 9.88 Å². The summed E-state index contributed by atoms with van der Waals surface area (Å²) in [6.45, 7) is 2.22. The fourth-order valence-corrected chi connectivity index (χ4v) is 5.44. The molecule has 33 heavy (non-hydrogen) atoms. The molecule has 1 saturated heterocycles. The smallest absolute Gasteiger partial charge is 0.274 e. The van der Waals surface area contributed by atoms with E-state index in [-0.39, 0.29) is 17.6 Å². The van der Waals surface area contributed by atoms with Crippen molar-refractivity contribution in [2.75, 3.05) is 42.1 Å². The lowest BCUT2D eigenvalue weighted by molar-refractivity contribution is -0.123. The third-order valence-electron chi connectivity index (χ3n) is 7.01. The first kappa shape index (κ1) is 21.2. The zero-order chi connectivity index (χ0) is 23.7. The van der Waals surface area contributed by atoms with Crippen LogP contribution in [0.3, 0.4) is 0 Å². The van der Waals surface area contributed by atoms with Crippen LogP contribution in [0, 0.1) is 11.3 Å². The van der Waals surface area contributed by atoms with E-state index >= 15 is 0 Å². The number of piperidine rings is 1. The van der Waals surface area contributed by atoms with Gasteiger partial charge in [-0.1, -0.05) is 0 Å². The van der Waals surface area contributed by atoms with Crippen LogP contribution in [0.15, 0.2) is 34.9 Å². The lowest BCUT2D eigenvalue weighted by Gasteiger charge is -2.31. The van der Waals surface area contributed by atoms with Crippen molar-refractivity contribution in [1.29, 1.82) is 0 Å². The Kier molecular flexibility index (Phi) is 4.63. The molecule has 2 heterocycles. The summed E-state index contributed by atoms with van der Waals surface area (Å²) in [7, 11) is 7.64. The van der Waals surface area contributed by atoms with Crippen molar-refractivity contribution in [2.45, 2.75) is 13.3 Å². The molecule has 2 aliphatic carbocycles. The fraction of sp³-hybridized carbons (Fsp3) is 0.417. The average molecular weight is 454 g/mol. The van der Waals surface area contributed by atoms with Crippen LogP contribution < -0.4 is 14.2 Å². The molecule has 1 spiro atoms. The molecule has 1 aliphatic heterocycles. The highest BCUT2D eigenvalue weighted by atomic mass is 16.5. The van der Waals surface area contributed by atoms with Gasteiger partial charge in [0.2, 0.25) is 11.5 Å². The number of methoxy groups -OCH3 is 5. The Hall–Kier alpha value is -3.62. The molecule has 0 radical (unpaired) electrons. The molecule has 9 heteroatoms. The second-order valence-corrected chi connectivity index (χ2v) is 8.45. The number of carbonyl (C=O) groups excluding carboxylic acids is 2. The minimum Gasteiger partial charge on any atom is -0.494 e. The normalized spacial score (nSPS) is 23.5. The van der Waals surface area contributed by atoms with E-state index in [4.69, 9.17) is 23.7 Å². The number of H-pyrrole nitrogens is 1. The van der Waals surface area contributed by atoms with E-state index in [0.717, 1.165) is 5.39 Å². The van der Waals surface area contributed by atoms with E-state index in [1.807, 2.05) is 0 Å². The molecular weight excluding hydrogens is 428 g/mol. The summed E-state index contributed by atoms with van der Waals surface area (Å²) in [6.07, 6.45) is 0.687. The number of hydrogen-bond acceptors (Lipinski definition) is 7. The van der Waals surface area contributed by atoms with E-state index < -0.39 is 5.41 Å². The molecule has 2 fully saturated rings. The topological polar surface area (TPSA) is 99.3 Å². The number of carbonyl (C=O) groups is 2. The van der Waals surface area contributed by atoms with Gasteiger partial charge in [-0.2, -0.15) is 0 Å². The Labute approximate surface area is 190 Å². The van der Waals surface area contributed by atoms with Crippen molar-refractivity contribution < 1.29 is 33.3 Å². The van der Waals surface area contributed by atoms with E-state index in [0.29, 0.717) is 64.2 Å². The standard InChI is InChI=1S/C24H26N2O7/c1-11-17(30-3)21-24(22(27)18(11)31-4)9-13(24)10-26(21)23(28)14-7-12-8-15(29-2)19(32-5)20(33-6)16(12)25-14/h7-8,13,25H,9-10H2,1-6H3/t13-,24+/m1/s1. The molecule has 0 unspecified atom stereocenters. The molecule has 3 aliphatic rings. The molecule has 9 nitrogen and oxygen atoms in total. The van der Waals surface area contributed by atoms with Gasteiger partial charge >= 0.3 is 0 Å². The quantitative estimate of drug-likeness (QED) is 0.716. The largest absolute Gasteiger partial charge is 0.494 e. The van der Waals surface area contributed by atoms with Gasteiger partial charge in [-0.3, -0.25) is 9.59 Å². The highest BCUT2D eigenvalue weighted by molar-refractivity contribution is 6.09. The predicted molar refractivity (Wildman–Crippen MR) is 118 cm³/mol. The van der Waals surface area contributed by atoms with Crippen LogP contribution in [-0.2, 0) is 14.3 Å². The first-order valence-electron chi connectivity index (χ1n) is 10.6.